The minimum atomic E-state index is -0.595. The van der Waals surface area contributed by atoms with Gasteiger partial charge in [0.2, 0.25) is 5.91 Å². The zero-order valence-corrected chi connectivity index (χ0v) is 10.9. The Labute approximate surface area is 114 Å². The van der Waals surface area contributed by atoms with E-state index < -0.39 is 11.2 Å². The number of benzene rings is 1. The molecule has 2 aromatic rings. The first-order chi connectivity index (χ1) is 9.63. The predicted molar refractivity (Wildman–Crippen MR) is 75.5 cm³/mol. The van der Waals surface area contributed by atoms with Crippen molar-refractivity contribution in [3.8, 4) is 0 Å². The van der Waals surface area contributed by atoms with Gasteiger partial charge in [-0.1, -0.05) is 12.1 Å². The highest BCUT2D eigenvalue weighted by atomic mass is 16.2. The SMILES string of the molecule is NCCCNC(=O)Cn1c(=O)[nH]c2ccccc2c1=O. The lowest BCUT2D eigenvalue weighted by molar-refractivity contribution is -0.121. The van der Waals surface area contributed by atoms with Crippen LogP contribution in [0.2, 0.25) is 0 Å². The lowest BCUT2D eigenvalue weighted by Crippen LogP contribution is -2.40. The molecule has 0 unspecified atom stereocenters. The molecular weight excluding hydrogens is 260 g/mol. The van der Waals surface area contributed by atoms with E-state index >= 15 is 0 Å². The van der Waals surface area contributed by atoms with Crippen LogP contribution in [0.25, 0.3) is 10.9 Å². The third-order valence-electron chi connectivity index (χ3n) is 2.89. The summed E-state index contributed by atoms with van der Waals surface area (Å²) in [6, 6.07) is 6.68. The summed E-state index contributed by atoms with van der Waals surface area (Å²) < 4.78 is 0.889. The Hall–Kier alpha value is -2.41. The summed E-state index contributed by atoms with van der Waals surface area (Å²) in [7, 11) is 0. The van der Waals surface area contributed by atoms with Gasteiger partial charge in [0.1, 0.15) is 6.54 Å². The van der Waals surface area contributed by atoms with Crippen LogP contribution in [0.1, 0.15) is 6.42 Å². The summed E-state index contributed by atoms with van der Waals surface area (Å²) in [5, 5.41) is 2.98. The molecule has 106 valence electrons. The van der Waals surface area contributed by atoms with Gasteiger partial charge in [-0.25, -0.2) is 4.79 Å². The van der Waals surface area contributed by atoms with Crippen molar-refractivity contribution in [1.82, 2.24) is 14.9 Å². The lowest BCUT2D eigenvalue weighted by Gasteiger charge is -2.07. The number of nitrogens with zero attached hydrogens (tertiary/aromatic N) is 1. The molecule has 7 heteroatoms. The second-order valence-corrected chi connectivity index (χ2v) is 4.36. The Balaban J connectivity index is 2.28. The van der Waals surface area contributed by atoms with Gasteiger partial charge in [0.05, 0.1) is 10.9 Å². The van der Waals surface area contributed by atoms with E-state index in [1.807, 2.05) is 0 Å². The zero-order valence-electron chi connectivity index (χ0n) is 10.9. The molecule has 0 aliphatic heterocycles. The number of nitrogens with two attached hydrogens (primary N) is 1. The Kier molecular flexibility index (Phi) is 4.31. The van der Waals surface area contributed by atoms with E-state index in [0.717, 1.165) is 4.57 Å². The maximum Gasteiger partial charge on any atom is 0.329 e. The molecule has 0 spiro atoms. The van der Waals surface area contributed by atoms with Gasteiger partial charge in [-0.05, 0) is 25.1 Å². The maximum atomic E-state index is 12.2. The van der Waals surface area contributed by atoms with Crippen molar-refractivity contribution < 1.29 is 4.79 Å². The Morgan fingerprint density at radius 2 is 2.05 bits per heavy atom. The van der Waals surface area contributed by atoms with E-state index in [9.17, 15) is 14.4 Å². The number of nitrogens with one attached hydrogen (secondary N) is 2. The fraction of sp³-hybridized carbons (Fsp3) is 0.308. The Morgan fingerprint density at radius 3 is 2.80 bits per heavy atom. The topological polar surface area (TPSA) is 110 Å². The molecule has 1 amide bonds. The van der Waals surface area contributed by atoms with Gasteiger partial charge < -0.3 is 16.0 Å². The van der Waals surface area contributed by atoms with Crippen LogP contribution < -0.4 is 22.3 Å². The molecule has 0 fully saturated rings. The van der Waals surface area contributed by atoms with E-state index in [2.05, 4.69) is 10.3 Å². The number of amides is 1. The normalized spacial score (nSPS) is 10.7. The summed E-state index contributed by atoms with van der Waals surface area (Å²) in [5.41, 5.74) is 4.71. The quantitative estimate of drug-likeness (QED) is 0.618. The molecule has 20 heavy (non-hydrogen) atoms. The van der Waals surface area contributed by atoms with Gasteiger partial charge in [-0.15, -0.1) is 0 Å². The molecule has 1 aromatic carbocycles. The van der Waals surface area contributed by atoms with Crippen molar-refractivity contribution in [3.63, 3.8) is 0 Å². The summed E-state index contributed by atoms with van der Waals surface area (Å²) in [6.45, 7) is 0.593. The van der Waals surface area contributed by atoms with Gasteiger partial charge >= 0.3 is 5.69 Å². The molecule has 7 nitrogen and oxygen atoms in total. The summed E-state index contributed by atoms with van der Waals surface area (Å²) in [4.78, 5) is 38.2. The van der Waals surface area contributed by atoms with Crippen molar-refractivity contribution >= 4 is 16.8 Å². The number of hydrogen-bond donors (Lipinski definition) is 3. The van der Waals surface area contributed by atoms with Crippen molar-refractivity contribution in [2.24, 2.45) is 5.73 Å². The number of aromatic nitrogens is 2. The van der Waals surface area contributed by atoms with Gasteiger partial charge in [-0.3, -0.25) is 14.2 Å². The monoisotopic (exact) mass is 276 g/mol. The lowest BCUT2D eigenvalue weighted by atomic mass is 10.2. The van der Waals surface area contributed by atoms with Gasteiger partial charge in [-0.2, -0.15) is 0 Å². The minimum Gasteiger partial charge on any atom is -0.354 e. The number of H-pyrrole nitrogens is 1. The molecule has 1 aromatic heterocycles. The first-order valence-corrected chi connectivity index (χ1v) is 6.32. The average Bonchev–Trinajstić information content (AvgIpc) is 2.44. The number of rotatable bonds is 5. The number of aromatic amines is 1. The highest BCUT2D eigenvalue weighted by Crippen LogP contribution is 2.02. The van der Waals surface area contributed by atoms with Crippen LogP contribution >= 0.6 is 0 Å². The summed E-state index contributed by atoms with van der Waals surface area (Å²) in [5.74, 6) is -0.388. The fourth-order valence-electron chi connectivity index (χ4n) is 1.87. The molecule has 0 radical (unpaired) electrons. The number of hydrogen-bond acceptors (Lipinski definition) is 4. The summed E-state index contributed by atoms with van der Waals surface area (Å²) >= 11 is 0. The van der Waals surface area contributed by atoms with Crippen LogP contribution in [0.5, 0.6) is 0 Å². The van der Waals surface area contributed by atoms with E-state index in [4.69, 9.17) is 5.73 Å². The molecule has 1 heterocycles. The van der Waals surface area contributed by atoms with Crippen LogP contribution in [0.3, 0.4) is 0 Å². The molecule has 2 rings (SSSR count). The van der Waals surface area contributed by atoms with Crippen molar-refractivity contribution in [2.45, 2.75) is 13.0 Å². The van der Waals surface area contributed by atoms with Crippen LogP contribution in [0, 0.1) is 0 Å². The van der Waals surface area contributed by atoms with Crippen molar-refractivity contribution in [3.05, 3.63) is 45.1 Å². The van der Waals surface area contributed by atoms with Crippen LogP contribution in [0.15, 0.2) is 33.9 Å². The van der Waals surface area contributed by atoms with Crippen molar-refractivity contribution in [2.75, 3.05) is 13.1 Å². The molecule has 0 saturated heterocycles. The predicted octanol–water partition coefficient (Wildman–Crippen LogP) is -0.845. The summed E-state index contributed by atoms with van der Waals surface area (Å²) in [6.07, 6.45) is 0.648. The number of carbonyl (C=O) groups excluding carboxylic acids is 1. The largest absolute Gasteiger partial charge is 0.354 e. The van der Waals surface area contributed by atoms with Crippen molar-refractivity contribution in [1.29, 1.82) is 0 Å². The molecular formula is C13H16N4O3. The smallest absolute Gasteiger partial charge is 0.329 e. The molecule has 0 aliphatic rings. The molecule has 0 atom stereocenters. The Morgan fingerprint density at radius 1 is 1.30 bits per heavy atom. The van der Waals surface area contributed by atoms with Gasteiger partial charge in [0.25, 0.3) is 5.56 Å². The highest BCUT2D eigenvalue weighted by Gasteiger charge is 2.10. The first-order valence-electron chi connectivity index (χ1n) is 6.32. The third kappa shape index (κ3) is 2.94. The molecule has 0 bridgehead atoms. The van der Waals surface area contributed by atoms with Gasteiger partial charge in [0, 0.05) is 6.54 Å². The van der Waals surface area contributed by atoms with E-state index in [1.54, 1.807) is 24.3 Å². The second kappa shape index (κ2) is 6.16. The van der Waals surface area contributed by atoms with Crippen LogP contribution in [-0.2, 0) is 11.3 Å². The van der Waals surface area contributed by atoms with E-state index in [1.165, 1.54) is 0 Å². The number of para-hydroxylation sites is 1. The Bertz CT molecular complexity index is 732. The zero-order chi connectivity index (χ0) is 14.5. The number of fused-ring (bicyclic) bond motifs is 1. The minimum absolute atomic E-state index is 0.302. The average molecular weight is 276 g/mol. The standard InChI is InChI=1S/C13H16N4O3/c14-6-3-7-15-11(18)8-17-12(19)9-4-1-2-5-10(9)16-13(17)20/h1-2,4-5H,3,6-8,14H2,(H,15,18)(H,16,20). The molecule has 4 N–H and O–H groups in total. The fourth-order valence-corrected chi connectivity index (χ4v) is 1.87. The number of carbonyl (C=O) groups is 1. The second-order valence-electron chi connectivity index (χ2n) is 4.36. The van der Waals surface area contributed by atoms with Crippen LogP contribution in [0.4, 0.5) is 0 Å². The molecule has 0 aliphatic carbocycles. The highest BCUT2D eigenvalue weighted by molar-refractivity contribution is 5.78. The third-order valence-corrected chi connectivity index (χ3v) is 2.89. The van der Waals surface area contributed by atoms with E-state index in [0.29, 0.717) is 30.4 Å². The van der Waals surface area contributed by atoms with Crippen LogP contribution in [-0.4, -0.2) is 28.5 Å². The maximum absolute atomic E-state index is 12.2. The first kappa shape index (κ1) is 14.0. The van der Waals surface area contributed by atoms with E-state index in [-0.39, 0.29) is 12.5 Å². The molecule has 0 saturated carbocycles. The van der Waals surface area contributed by atoms with Gasteiger partial charge in [0.15, 0.2) is 0 Å².